The molecule has 2 rings (SSSR count). The molecule has 2 heterocycles. The smallest absolute Gasteiger partial charge is 0.338 e. The van der Waals surface area contributed by atoms with Gasteiger partial charge in [0, 0.05) is 18.0 Å². The summed E-state index contributed by atoms with van der Waals surface area (Å²) in [5.74, 6) is 0.189. The summed E-state index contributed by atoms with van der Waals surface area (Å²) in [4.78, 5) is 19.0. The highest BCUT2D eigenvalue weighted by Crippen LogP contribution is 2.07. The summed E-state index contributed by atoms with van der Waals surface area (Å²) in [6.07, 6.45) is 2.71. The van der Waals surface area contributed by atoms with E-state index in [1.165, 1.54) is 17.1 Å². The van der Waals surface area contributed by atoms with E-state index >= 15 is 0 Å². The van der Waals surface area contributed by atoms with Crippen LogP contribution in [0.25, 0.3) is 5.82 Å². The second-order valence-electron chi connectivity index (χ2n) is 3.39. The molecular weight excluding hydrogens is 208 g/mol. The van der Waals surface area contributed by atoms with E-state index in [9.17, 15) is 4.79 Å². The maximum Gasteiger partial charge on any atom is 0.338 e. The van der Waals surface area contributed by atoms with Crippen molar-refractivity contribution in [3.63, 3.8) is 0 Å². The van der Waals surface area contributed by atoms with Gasteiger partial charge in [-0.25, -0.2) is 19.4 Å². The molecule has 0 saturated carbocycles. The topological polar surface area (TPSA) is 80.9 Å². The number of nitrogens with zero attached hydrogens (tertiary/aromatic N) is 4. The van der Waals surface area contributed by atoms with Crippen molar-refractivity contribution in [2.75, 3.05) is 0 Å². The highest BCUT2D eigenvalue weighted by atomic mass is 16.4. The summed E-state index contributed by atoms with van der Waals surface area (Å²) in [7, 11) is 0. The van der Waals surface area contributed by atoms with E-state index in [0.717, 1.165) is 5.69 Å². The number of hydrogen-bond donors (Lipinski definition) is 1. The van der Waals surface area contributed by atoms with E-state index in [4.69, 9.17) is 5.11 Å². The molecule has 0 atom stereocenters. The maximum absolute atomic E-state index is 10.7. The number of aromatic nitrogens is 4. The molecule has 0 aromatic carbocycles. The van der Waals surface area contributed by atoms with Crippen LogP contribution in [0.2, 0.25) is 0 Å². The number of aromatic carboxylic acids is 1. The molecule has 0 aliphatic rings. The van der Waals surface area contributed by atoms with E-state index in [1.807, 2.05) is 6.92 Å². The van der Waals surface area contributed by atoms with Gasteiger partial charge in [0.25, 0.3) is 0 Å². The van der Waals surface area contributed by atoms with Crippen LogP contribution in [0.15, 0.2) is 18.5 Å². The molecule has 0 bridgehead atoms. The van der Waals surface area contributed by atoms with Crippen molar-refractivity contribution in [1.29, 1.82) is 0 Å². The van der Waals surface area contributed by atoms with Crippen molar-refractivity contribution < 1.29 is 9.90 Å². The standard InChI is InChI=1S/C10H10N4O2/c1-6-3-9(13-7(2)12-6)14-5-8(4-11-14)10(15)16/h3-5H,1-2H3,(H,15,16). The molecular formula is C10H10N4O2. The van der Waals surface area contributed by atoms with Gasteiger partial charge in [-0.3, -0.25) is 0 Å². The first-order valence-corrected chi connectivity index (χ1v) is 4.67. The molecule has 6 heteroatoms. The van der Waals surface area contributed by atoms with Crippen molar-refractivity contribution in [2.24, 2.45) is 0 Å². The third kappa shape index (κ3) is 1.90. The fourth-order valence-electron chi connectivity index (χ4n) is 1.37. The third-order valence-electron chi connectivity index (χ3n) is 2.02. The van der Waals surface area contributed by atoms with Crippen molar-refractivity contribution in [2.45, 2.75) is 13.8 Å². The van der Waals surface area contributed by atoms with Gasteiger partial charge in [-0.2, -0.15) is 5.10 Å². The number of carbonyl (C=O) groups is 1. The average Bonchev–Trinajstić information content (AvgIpc) is 2.64. The average molecular weight is 218 g/mol. The molecule has 0 spiro atoms. The molecule has 0 saturated heterocycles. The predicted molar refractivity (Wildman–Crippen MR) is 55.6 cm³/mol. The van der Waals surface area contributed by atoms with Gasteiger partial charge in [0.2, 0.25) is 0 Å². The first kappa shape index (κ1) is 10.3. The van der Waals surface area contributed by atoms with E-state index < -0.39 is 5.97 Å². The van der Waals surface area contributed by atoms with E-state index in [2.05, 4.69) is 15.1 Å². The summed E-state index contributed by atoms with van der Waals surface area (Å²) < 4.78 is 1.42. The van der Waals surface area contributed by atoms with Crippen LogP contribution in [0.5, 0.6) is 0 Å². The van der Waals surface area contributed by atoms with Gasteiger partial charge < -0.3 is 5.11 Å². The van der Waals surface area contributed by atoms with Crippen LogP contribution in [-0.2, 0) is 0 Å². The minimum absolute atomic E-state index is 0.133. The van der Waals surface area contributed by atoms with Gasteiger partial charge >= 0.3 is 5.97 Å². The van der Waals surface area contributed by atoms with Gasteiger partial charge in [0.1, 0.15) is 5.82 Å². The highest BCUT2D eigenvalue weighted by Gasteiger charge is 2.08. The number of carboxylic acid groups (broad SMARTS) is 1. The van der Waals surface area contributed by atoms with Crippen LogP contribution >= 0.6 is 0 Å². The van der Waals surface area contributed by atoms with Crippen LogP contribution in [0.4, 0.5) is 0 Å². The van der Waals surface area contributed by atoms with Crippen LogP contribution in [0.3, 0.4) is 0 Å². The van der Waals surface area contributed by atoms with Crippen LogP contribution in [0, 0.1) is 13.8 Å². The Hall–Kier alpha value is -2.24. The zero-order valence-electron chi connectivity index (χ0n) is 8.88. The fraction of sp³-hybridized carbons (Fsp3) is 0.200. The summed E-state index contributed by atoms with van der Waals surface area (Å²) in [6, 6.07) is 1.74. The van der Waals surface area contributed by atoms with Crippen LogP contribution in [0.1, 0.15) is 21.9 Å². The SMILES string of the molecule is Cc1cc(-n2cc(C(=O)O)cn2)nc(C)n1. The minimum atomic E-state index is -1.01. The molecule has 0 amide bonds. The molecule has 0 fully saturated rings. The second-order valence-corrected chi connectivity index (χ2v) is 3.39. The normalized spacial score (nSPS) is 10.4. The Morgan fingerprint density at radius 1 is 1.38 bits per heavy atom. The Morgan fingerprint density at radius 2 is 2.12 bits per heavy atom. The molecule has 82 valence electrons. The lowest BCUT2D eigenvalue weighted by Gasteiger charge is -2.02. The highest BCUT2D eigenvalue weighted by molar-refractivity contribution is 5.86. The Labute approximate surface area is 91.6 Å². The summed E-state index contributed by atoms with van der Waals surface area (Å²) >= 11 is 0. The van der Waals surface area contributed by atoms with Gasteiger partial charge in [-0.15, -0.1) is 0 Å². The summed E-state index contributed by atoms with van der Waals surface area (Å²) in [5, 5.41) is 12.7. The molecule has 0 aliphatic carbocycles. The molecule has 16 heavy (non-hydrogen) atoms. The molecule has 6 nitrogen and oxygen atoms in total. The van der Waals surface area contributed by atoms with E-state index in [-0.39, 0.29) is 5.56 Å². The summed E-state index contributed by atoms with van der Waals surface area (Å²) in [6.45, 7) is 3.62. The van der Waals surface area contributed by atoms with Crippen LogP contribution in [-0.4, -0.2) is 30.8 Å². The lowest BCUT2D eigenvalue weighted by Crippen LogP contribution is -2.02. The zero-order chi connectivity index (χ0) is 11.7. The van der Waals surface area contributed by atoms with Crippen molar-refractivity contribution in [3.8, 4) is 5.82 Å². The van der Waals surface area contributed by atoms with Crippen molar-refractivity contribution in [3.05, 3.63) is 35.5 Å². The molecule has 2 aromatic heterocycles. The summed E-state index contributed by atoms with van der Waals surface area (Å²) in [5.41, 5.74) is 0.948. The lowest BCUT2D eigenvalue weighted by atomic mass is 10.4. The van der Waals surface area contributed by atoms with Gasteiger partial charge in [0.05, 0.1) is 11.8 Å². The zero-order valence-corrected chi connectivity index (χ0v) is 8.88. The third-order valence-corrected chi connectivity index (χ3v) is 2.02. The monoisotopic (exact) mass is 218 g/mol. The molecule has 1 N–H and O–H groups in total. The molecule has 0 radical (unpaired) electrons. The maximum atomic E-state index is 10.7. The fourth-order valence-corrected chi connectivity index (χ4v) is 1.37. The lowest BCUT2D eigenvalue weighted by molar-refractivity contribution is 0.0697. The molecule has 0 unspecified atom stereocenters. The largest absolute Gasteiger partial charge is 0.478 e. The Balaban J connectivity index is 2.46. The number of rotatable bonds is 2. The first-order chi connectivity index (χ1) is 7.56. The first-order valence-electron chi connectivity index (χ1n) is 4.67. The second kappa shape index (κ2) is 3.73. The van der Waals surface area contributed by atoms with Crippen molar-refractivity contribution in [1.82, 2.24) is 19.7 Å². The Morgan fingerprint density at radius 3 is 2.69 bits per heavy atom. The quantitative estimate of drug-likeness (QED) is 0.812. The van der Waals surface area contributed by atoms with E-state index in [0.29, 0.717) is 11.6 Å². The number of hydrogen-bond acceptors (Lipinski definition) is 4. The predicted octanol–water partition coefficient (Wildman–Crippen LogP) is 0.977. The molecule has 0 aliphatic heterocycles. The van der Waals surface area contributed by atoms with Gasteiger partial charge in [-0.05, 0) is 13.8 Å². The Kier molecular flexibility index (Phi) is 2.40. The molecule has 2 aromatic rings. The minimum Gasteiger partial charge on any atom is -0.478 e. The van der Waals surface area contributed by atoms with Gasteiger partial charge in [0.15, 0.2) is 5.82 Å². The number of carboxylic acids is 1. The Bertz CT molecular complexity index is 527. The van der Waals surface area contributed by atoms with Crippen LogP contribution < -0.4 is 0 Å². The van der Waals surface area contributed by atoms with Gasteiger partial charge in [-0.1, -0.05) is 0 Å². The van der Waals surface area contributed by atoms with E-state index in [1.54, 1.807) is 13.0 Å². The van der Waals surface area contributed by atoms with Crippen molar-refractivity contribution >= 4 is 5.97 Å². The number of aryl methyl sites for hydroxylation is 2.